The maximum atomic E-state index is 13.1. The van der Waals surface area contributed by atoms with Crippen molar-refractivity contribution in [3.63, 3.8) is 0 Å². The Bertz CT molecular complexity index is 831. The predicted molar refractivity (Wildman–Crippen MR) is 105 cm³/mol. The van der Waals surface area contributed by atoms with Crippen molar-refractivity contribution >= 4 is 11.6 Å². The number of ether oxygens (including phenoxy) is 1. The number of aliphatic hydroxyl groups excluding tert-OH is 1. The Labute approximate surface area is 165 Å². The maximum absolute atomic E-state index is 13.1. The van der Waals surface area contributed by atoms with Crippen molar-refractivity contribution < 1.29 is 14.6 Å². The molecule has 0 aromatic carbocycles. The molecule has 2 fully saturated rings. The quantitative estimate of drug-likeness (QED) is 0.875. The average molecular weight is 382 g/mol. The molecule has 1 N–H and O–H groups in total. The summed E-state index contributed by atoms with van der Waals surface area (Å²) in [6.07, 6.45) is 7.27. The number of hydrogen-bond acceptors (Lipinski definition) is 6. The van der Waals surface area contributed by atoms with Gasteiger partial charge in [0.25, 0.3) is 5.91 Å². The first kappa shape index (κ1) is 18.7. The highest BCUT2D eigenvalue weighted by molar-refractivity contribution is 5.94. The molecule has 2 aromatic rings. The van der Waals surface area contributed by atoms with Crippen LogP contribution in [0.2, 0.25) is 0 Å². The number of anilines is 1. The van der Waals surface area contributed by atoms with Crippen LogP contribution in [0.5, 0.6) is 5.88 Å². The Morgan fingerprint density at radius 2 is 2.04 bits per heavy atom. The van der Waals surface area contributed by atoms with Crippen molar-refractivity contribution in [1.82, 2.24) is 14.9 Å². The van der Waals surface area contributed by atoms with Crippen LogP contribution < -0.4 is 9.64 Å². The van der Waals surface area contributed by atoms with Crippen LogP contribution in [0.4, 0.5) is 5.69 Å². The maximum Gasteiger partial charge on any atom is 0.254 e. The predicted octanol–water partition coefficient (Wildman–Crippen LogP) is 1.98. The lowest BCUT2D eigenvalue weighted by Crippen LogP contribution is -2.60. The molecule has 0 radical (unpaired) electrons. The van der Waals surface area contributed by atoms with E-state index in [1.165, 1.54) is 0 Å². The topological polar surface area (TPSA) is 78.8 Å². The van der Waals surface area contributed by atoms with Crippen LogP contribution in [0.3, 0.4) is 0 Å². The standard InChI is InChI=1S/C21H26N4O3/c1-28-19-13-16(3-10-23-19)20(27)25-11-2-7-21(15-25)14-24(12-6-18(21)26)17-4-8-22-9-5-17/h3-5,8-10,13,18,26H,2,6-7,11-12,14-15H2,1H3/t18-,21-/m1/s1. The largest absolute Gasteiger partial charge is 0.481 e. The second kappa shape index (κ2) is 7.75. The number of likely N-dealkylation sites (tertiary alicyclic amines) is 1. The number of carbonyl (C=O) groups excluding carboxylic acids is 1. The summed E-state index contributed by atoms with van der Waals surface area (Å²) in [4.78, 5) is 25.4. The minimum Gasteiger partial charge on any atom is -0.481 e. The fourth-order valence-electron chi connectivity index (χ4n) is 4.50. The third kappa shape index (κ3) is 3.54. The minimum atomic E-state index is -0.409. The Morgan fingerprint density at radius 1 is 1.21 bits per heavy atom. The van der Waals surface area contributed by atoms with E-state index in [2.05, 4.69) is 14.9 Å². The number of aromatic nitrogens is 2. The molecule has 2 atom stereocenters. The number of pyridine rings is 2. The van der Waals surface area contributed by atoms with Gasteiger partial charge in [-0.2, -0.15) is 0 Å². The van der Waals surface area contributed by atoms with Crippen molar-refractivity contribution in [2.45, 2.75) is 25.4 Å². The van der Waals surface area contributed by atoms with E-state index in [0.717, 1.165) is 31.6 Å². The van der Waals surface area contributed by atoms with Crippen LogP contribution in [-0.4, -0.2) is 65.3 Å². The SMILES string of the molecule is COc1cc(C(=O)N2CCC[C@]3(C2)CN(c2ccncc2)CC[C@H]3O)ccn1. The number of amides is 1. The molecule has 7 nitrogen and oxygen atoms in total. The van der Waals surface area contributed by atoms with Gasteiger partial charge >= 0.3 is 0 Å². The van der Waals surface area contributed by atoms with E-state index < -0.39 is 6.10 Å². The monoisotopic (exact) mass is 382 g/mol. The van der Waals surface area contributed by atoms with E-state index in [4.69, 9.17) is 4.74 Å². The molecule has 7 heteroatoms. The molecular weight excluding hydrogens is 356 g/mol. The van der Waals surface area contributed by atoms with Gasteiger partial charge in [0.05, 0.1) is 13.2 Å². The highest BCUT2D eigenvalue weighted by Crippen LogP contribution is 2.40. The van der Waals surface area contributed by atoms with Gasteiger partial charge in [-0.3, -0.25) is 9.78 Å². The first-order chi connectivity index (χ1) is 13.6. The molecule has 148 valence electrons. The van der Waals surface area contributed by atoms with Crippen LogP contribution in [0.15, 0.2) is 42.9 Å². The summed E-state index contributed by atoms with van der Waals surface area (Å²) in [5, 5.41) is 10.9. The van der Waals surface area contributed by atoms with Gasteiger partial charge in [-0.25, -0.2) is 4.98 Å². The zero-order valence-corrected chi connectivity index (χ0v) is 16.1. The van der Waals surface area contributed by atoms with Crippen LogP contribution in [0, 0.1) is 5.41 Å². The first-order valence-electron chi connectivity index (χ1n) is 9.74. The molecule has 0 aliphatic carbocycles. The second-order valence-electron chi connectivity index (χ2n) is 7.71. The summed E-state index contributed by atoms with van der Waals surface area (Å²) < 4.78 is 5.15. The van der Waals surface area contributed by atoms with Gasteiger partial charge in [-0.15, -0.1) is 0 Å². The summed E-state index contributed by atoms with van der Waals surface area (Å²) in [6.45, 7) is 2.80. The van der Waals surface area contributed by atoms with E-state index in [0.29, 0.717) is 31.0 Å². The van der Waals surface area contributed by atoms with Gasteiger partial charge in [0.1, 0.15) is 0 Å². The molecule has 0 bridgehead atoms. The van der Waals surface area contributed by atoms with Gasteiger partial charge in [-0.05, 0) is 37.5 Å². The van der Waals surface area contributed by atoms with Crippen LogP contribution >= 0.6 is 0 Å². The molecule has 28 heavy (non-hydrogen) atoms. The lowest BCUT2D eigenvalue weighted by atomic mass is 9.71. The number of rotatable bonds is 3. The molecule has 2 aromatic heterocycles. The van der Waals surface area contributed by atoms with E-state index in [-0.39, 0.29) is 11.3 Å². The number of piperidine rings is 2. The fraction of sp³-hybridized carbons (Fsp3) is 0.476. The molecular formula is C21H26N4O3. The van der Waals surface area contributed by atoms with Crippen LogP contribution in [-0.2, 0) is 0 Å². The molecule has 4 rings (SSSR count). The lowest BCUT2D eigenvalue weighted by molar-refractivity contribution is -0.0361. The Morgan fingerprint density at radius 3 is 2.82 bits per heavy atom. The van der Waals surface area contributed by atoms with Crippen molar-refractivity contribution in [3.05, 3.63) is 48.4 Å². The summed E-state index contributed by atoms with van der Waals surface area (Å²) in [5.41, 5.74) is 1.37. The molecule has 0 saturated carbocycles. The Kier molecular flexibility index (Phi) is 5.17. The Balaban J connectivity index is 1.54. The van der Waals surface area contributed by atoms with E-state index >= 15 is 0 Å². The molecule has 1 spiro atoms. The van der Waals surface area contributed by atoms with E-state index in [9.17, 15) is 9.90 Å². The molecule has 2 aliphatic rings. The summed E-state index contributed by atoms with van der Waals surface area (Å²) in [5.74, 6) is 0.396. The van der Waals surface area contributed by atoms with E-state index in [1.54, 1.807) is 37.8 Å². The molecule has 1 amide bonds. The van der Waals surface area contributed by atoms with Crippen molar-refractivity contribution in [2.75, 3.05) is 38.2 Å². The number of nitrogens with zero attached hydrogens (tertiary/aromatic N) is 4. The summed E-state index contributed by atoms with van der Waals surface area (Å²) in [6, 6.07) is 7.39. The third-order valence-electron chi connectivity index (χ3n) is 6.00. The third-order valence-corrected chi connectivity index (χ3v) is 6.00. The normalized spacial score (nSPS) is 25.0. The molecule has 2 saturated heterocycles. The highest BCUT2D eigenvalue weighted by Gasteiger charge is 2.46. The van der Waals surface area contributed by atoms with Crippen molar-refractivity contribution in [2.24, 2.45) is 5.41 Å². The number of carbonyl (C=O) groups is 1. The zero-order chi connectivity index (χ0) is 19.6. The molecule has 4 heterocycles. The number of methoxy groups -OCH3 is 1. The fourth-order valence-corrected chi connectivity index (χ4v) is 4.50. The first-order valence-corrected chi connectivity index (χ1v) is 9.74. The lowest BCUT2D eigenvalue weighted by Gasteiger charge is -2.51. The second-order valence-corrected chi connectivity index (χ2v) is 7.71. The van der Waals surface area contributed by atoms with Crippen molar-refractivity contribution in [1.29, 1.82) is 0 Å². The zero-order valence-electron chi connectivity index (χ0n) is 16.1. The van der Waals surface area contributed by atoms with Crippen LogP contribution in [0.1, 0.15) is 29.6 Å². The van der Waals surface area contributed by atoms with Crippen molar-refractivity contribution in [3.8, 4) is 5.88 Å². The summed E-state index contributed by atoms with van der Waals surface area (Å²) >= 11 is 0. The van der Waals surface area contributed by atoms with Gasteiger partial charge in [0, 0.05) is 67.5 Å². The number of hydrogen-bond donors (Lipinski definition) is 1. The van der Waals surface area contributed by atoms with Gasteiger partial charge < -0.3 is 19.6 Å². The van der Waals surface area contributed by atoms with Gasteiger partial charge in [0.2, 0.25) is 5.88 Å². The molecule has 2 aliphatic heterocycles. The summed E-state index contributed by atoms with van der Waals surface area (Å²) in [7, 11) is 1.54. The van der Waals surface area contributed by atoms with Gasteiger partial charge in [-0.1, -0.05) is 0 Å². The van der Waals surface area contributed by atoms with Crippen LogP contribution in [0.25, 0.3) is 0 Å². The number of aliphatic hydroxyl groups is 1. The Hall–Kier alpha value is -2.67. The molecule has 0 unspecified atom stereocenters. The average Bonchev–Trinajstić information content (AvgIpc) is 2.76. The minimum absolute atomic E-state index is 0.0343. The van der Waals surface area contributed by atoms with E-state index in [1.807, 2.05) is 17.0 Å². The van der Waals surface area contributed by atoms with Gasteiger partial charge in [0.15, 0.2) is 0 Å². The highest BCUT2D eigenvalue weighted by atomic mass is 16.5. The smallest absolute Gasteiger partial charge is 0.254 e.